The first-order valence-electron chi connectivity index (χ1n) is 6.81. The number of aryl methyl sites for hydroxylation is 2. The van der Waals surface area contributed by atoms with Gasteiger partial charge in [-0.25, -0.2) is 9.97 Å². The summed E-state index contributed by atoms with van der Waals surface area (Å²) < 4.78 is 2.02. The van der Waals surface area contributed by atoms with Crippen molar-refractivity contribution in [1.29, 1.82) is 0 Å². The van der Waals surface area contributed by atoms with Crippen LogP contribution in [0.5, 0.6) is 0 Å². The van der Waals surface area contributed by atoms with E-state index in [1.165, 1.54) is 5.56 Å². The molecule has 0 radical (unpaired) electrons. The highest BCUT2D eigenvalue weighted by molar-refractivity contribution is 5.67. The molecule has 0 bridgehead atoms. The van der Waals surface area contributed by atoms with Crippen molar-refractivity contribution in [2.24, 2.45) is 5.73 Å². The third kappa shape index (κ3) is 2.18. The molecule has 0 aliphatic heterocycles. The number of fused-ring (bicyclic) bond motifs is 1. The van der Waals surface area contributed by atoms with E-state index in [-0.39, 0.29) is 0 Å². The average molecular weight is 266 g/mol. The molecule has 0 amide bonds. The zero-order valence-electron chi connectivity index (χ0n) is 11.8. The Hall–Kier alpha value is -2.20. The van der Waals surface area contributed by atoms with Crippen LogP contribution in [0.2, 0.25) is 0 Å². The number of imidazole rings is 1. The Bertz CT molecular complexity index is 758. The molecule has 0 aliphatic rings. The van der Waals surface area contributed by atoms with Crippen LogP contribution in [0.1, 0.15) is 17.1 Å². The third-order valence-electron chi connectivity index (χ3n) is 3.50. The lowest BCUT2D eigenvalue weighted by molar-refractivity contribution is 0.933. The molecule has 0 atom stereocenters. The van der Waals surface area contributed by atoms with Gasteiger partial charge in [0.1, 0.15) is 11.5 Å². The molecule has 0 saturated carbocycles. The van der Waals surface area contributed by atoms with Crippen molar-refractivity contribution in [1.82, 2.24) is 14.4 Å². The Balaban J connectivity index is 2.16. The van der Waals surface area contributed by atoms with E-state index in [0.717, 1.165) is 34.8 Å². The lowest BCUT2D eigenvalue weighted by Gasteiger charge is -2.07. The summed E-state index contributed by atoms with van der Waals surface area (Å²) in [5.41, 5.74) is 10.9. The van der Waals surface area contributed by atoms with E-state index in [9.17, 15) is 0 Å². The van der Waals surface area contributed by atoms with Gasteiger partial charge in [-0.05, 0) is 26.0 Å². The molecular formula is C16H18N4. The highest BCUT2D eigenvalue weighted by Gasteiger charge is 2.09. The maximum atomic E-state index is 5.60. The first kappa shape index (κ1) is 12.8. The number of nitrogens with two attached hydrogens (primary N) is 1. The van der Waals surface area contributed by atoms with Crippen LogP contribution in [-0.2, 0) is 6.42 Å². The molecule has 2 N–H and O–H groups in total. The molecule has 0 aliphatic carbocycles. The first-order chi connectivity index (χ1) is 9.69. The van der Waals surface area contributed by atoms with Gasteiger partial charge in [-0.1, -0.05) is 24.3 Å². The van der Waals surface area contributed by atoms with Gasteiger partial charge in [0.25, 0.3) is 0 Å². The fourth-order valence-corrected chi connectivity index (χ4v) is 2.46. The van der Waals surface area contributed by atoms with Crippen LogP contribution in [-0.4, -0.2) is 20.9 Å². The predicted molar refractivity (Wildman–Crippen MR) is 80.7 cm³/mol. The molecule has 0 spiro atoms. The fourth-order valence-electron chi connectivity index (χ4n) is 2.46. The maximum absolute atomic E-state index is 5.60. The van der Waals surface area contributed by atoms with E-state index in [4.69, 9.17) is 10.7 Å². The van der Waals surface area contributed by atoms with Gasteiger partial charge in [0.15, 0.2) is 0 Å². The van der Waals surface area contributed by atoms with Crippen molar-refractivity contribution in [3.63, 3.8) is 0 Å². The second-order valence-electron chi connectivity index (χ2n) is 5.00. The Morgan fingerprint density at radius 3 is 2.70 bits per heavy atom. The van der Waals surface area contributed by atoms with Gasteiger partial charge in [0.2, 0.25) is 0 Å². The minimum atomic E-state index is 0.612. The summed E-state index contributed by atoms with van der Waals surface area (Å²) >= 11 is 0. The quantitative estimate of drug-likeness (QED) is 0.792. The molecule has 0 unspecified atom stereocenters. The monoisotopic (exact) mass is 266 g/mol. The van der Waals surface area contributed by atoms with E-state index in [1.807, 2.05) is 35.7 Å². The second kappa shape index (κ2) is 5.06. The van der Waals surface area contributed by atoms with E-state index in [1.54, 1.807) is 0 Å². The smallest absolute Gasteiger partial charge is 0.140 e. The van der Waals surface area contributed by atoms with E-state index < -0.39 is 0 Å². The van der Waals surface area contributed by atoms with Crippen LogP contribution in [0, 0.1) is 13.8 Å². The Morgan fingerprint density at radius 1 is 1.15 bits per heavy atom. The van der Waals surface area contributed by atoms with Gasteiger partial charge in [0.05, 0.1) is 11.4 Å². The summed E-state index contributed by atoms with van der Waals surface area (Å²) in [7, 11) is 0. The van der Waals surface area contributed by atoms with Gasteiger partial charge >= 0.3 is 0 Å². The SMILES string of the molecule is Cc1ccccc1-c1cc2nc(CCN)cn2c(C)n1. The zero-order chi connectivity index (χ0) is 14.1. The standard InChI is InChI=1S/C16H18N4/c1-11-5-3-4-6-14(11)15-9-16-19-13(7-8-17)10-20(16)12(2)18-15/h3-6,9-10H,7-8,17H2,1-2H3. The molecule has 102 valence electrons. The van der Waals surface area contributed by atoms with Crippen LogP contribution in [0.25, 0.3) is 16.9 Å². The number of benzene rings is 1. The van der Waals surface area contributed by atoms with E-state index >= 15 is 0 Å². The summed E-state index contributed by atoms with van der Waals surface area (Å²) in [6.07, 6.45) is 2.81. The van der Waals surface area contributed by atoms with Crippen LogP contribution in [0.4, 0.5) is 0 Å². The molecule has 4 heteroatoms. The number of aromatic nitrogens is 3. The minimum Gasteiger partial charge on any atom is -0.330 e. The molecule has 2 heterocycles. The van der Waals surface area contributed by atoms with Crippen molar-refractivity contribution in [2.45, 2.75) is 20.3 Å². The molecule has 4 nitrogen and oxygen atoms in total. The fraction of sp³-hybridized carbons (Fsp3) is 0.250. The summed E-state index contributed by atoms with van der Waals surface area (Å²) in [5.74, 6) is 0.941. The summed E-state index contributed by atoms with van der Waals surface area (Å²) in [4.78, 5) is 9.32. The van der Waals surface area contributed by atoms with Crippen molar-refractivity contribution in [3.05, 3.63) is 53.6 Å². The number of hydrogen-bond acceptors (Lipinski definition) is 3. The topological polar surface area (TPSA) is 56.2 Å². The van der Waals surface area contributed by atoms with Crippen molar-refractivity contribution >= 4 is 5.65 Å². The molecule has 1 aromatic carbocycles. The lowest BCUT2D eigenvalue weighted by atomic mass is 10.1. The van der Waals surface area contributed by atoms with E-state index in [2.05, 4.69) is 24.0 Å². The van der Waals surface area contributed by atoms with Crippen LogP contribution >= 0.6 is 0 Å². The Morgan fingerprint density at radius 2 is 1.95 bits per heavy atom. The molecule has 0 fully saturated rings. The normalized spacial score (nSPS) is 11.2. The first-order valence-corrected chi connectivity index (χ1v) is 6.81. The largest absolute Gasteiger partial charge is 0.330 e. The van der Waals surface area contributed by atoms with Crippen molar-refractivity contribution < 1.29 is 0 Å². The Kier molecular flexibility index (Phi) is 3.24. The highest BCUT2D eigenvalue weighted by atomic mass is 15.1. The molecular weight excluding hydrogens is 248 g/mol. The number of hydrogen-bond donors (Lipinski definition) is 1. The number of rotatable bonds is 3. The van der Waals surface area contributed by atoms with Crippen molar-refractivity contribution in [3.8, 4) is 11.3 Å². The molecule has 0 saturated heterocycles. The van der Waals surface area contributed by atoms with Gasteiger partial charge in [-0.2, -0.15) is 0 Å². The van der Waals surface area contributed by atoms with Gasteiger partial charge in [-0.3, -0.25) is 4.40 Å². The van der Waals surface area contributed by atoms with Gasteiger partial charge < -0.3 is 5.73 Å². The molecule has 2 aromatic heterocycles. The second-order valence-corrected chi connectivity index (χ2v) is 5.00. The highest BCUT2D eigenvalue weighted by Crippen LogP contribution is 2.23. The maximum Gasteiger partial charge on any atom is 0.140 e. The number of nitrogens with zero attached hydrogens (tertiary/aromatic N) is 3. The minimum absolute atomic E-state index is 0.612. The zero-order valence-corrected chi connectivity index (χ0v) is 11.8. The van der Waals surface area contributed by atoms with Crippen molar-refractivity contribution in [2.75, 3.05) is 6.54 Å². The van der Waals surface area contributed by atoms with Crippen LogP contribution in [0.15, 0.2) is 36.5 Å². The lowest BCUT2D eigenvalue weighted by Crippen LogP contribution is -2.02. The summed E-state index contributed by atoms with van der Waals surface area (Å²) in [5, 5.41) is 0. The van der Waals surface area contributed by atoms with Crippen LogP contribution in [0.3, 0.4) is 0 Å². The predicted octanol–water partition coefficient (Wildman–Crippen LogP) is 2.51. The molecule has 20 heavy (non-hydrogen) atoms. The summed E-state index contributed by atoms with van der Waals surface area (Å²) in [6, 6.07) is 10.3. The average Bonchev–Trinajstić information content (AvgIpc) is 2.83. The Labute approximate surface area is 118 Å². The van der Waals surface area contributed by atoms with Gasteiger partial charge in [0, 0.05) is 24.2 Å². The molecule has 3 rings (SSSR count). The van der Waals surface area contributed by atoms with Crippen LogP contribution < -0.4 is 5.73 Å². The third-order valence-corrected chi connectivity index (χ3v) is 3.50. The van der Waals surface area contributed by atoms with Gasteiger partial charge in [-0.15, -0.1) is 0 Å². The molecule has 3 aromatic rings. The van der Waals surface area contributed by atoms with E-state index in [0.29, 0.717) is 6.54 Å². The summed E-state index contributed by atoms with van der Waals surface area (Å²) in [6.45, 7) is 4.71.